The van der Waals surface area contributed by atoms with Crippen LogP contribution >= 0.6 is 0 Å². The smallest absolute Gasteiger partial charge is 0.0303 e. The maximum Gasteiger partial charge on any atom is 0.0303 e. The predicted octanol–water partition coefficient (Wildman–Crippen LogP) is 2.53. The van der Waals surface area contributed by atoms with Crippen molar-refractivity contribution >= 4 is 0 Å². The Bertz CT molecular complexity index is 246. The van der Waals surface area contributed by atoms with E-state index in [1.165, 1.54) is 25.1 Å². The number of aromatic nitrogens is 1. The van der Waals surface area contributed by atoms with Crippen LogP contribution in [0, 0.1) is 0 Å². The summed E-state index contributed by atoms with van der Waals surface area (Å²) in [6, 6.07) is 4.20. The van der Waals surface area contributed by atoms with Crippen molar-refractivity contribution in [2.45, 2.75) is 26.2 Å². The second kappa shape index (κ2) is 5.76. The van der Waals surface area contributed by atoms with Crippen molar-refractivity contribution < 1.29 is 0 Å². The maximum absolute atomic E-state index is 4.14. The summed E-state index contributed by atoms with van der Waals surface area (Å²) in [5.41, 5.74) is 1.39. The van der Waals surface area contributed by atoms with Crippen LogP contribution in [0.5, 0.6) is 0 Å². The summed E-state index contributed by atoms with van der Waals surface area (Å²) in [7, 11) is 2.18. The van der Waals surface area contributed by atoms with E-state index in [1.807, 2.05) is 32.3 Å². The molecule has 2 heterocycles. The predicted molar refractivity (Wildman–Crippen MR) is 60.4 cm³/mol. The largest absolute Gasteiger partial charge is 0.306 e. The molecule has 1 atom stereocenters. The minimum atomic E-state index is 0.712. The van der Waals surface area contributed by atoms with Gasteiger partial charge >= 0.3 is 0 Å². The summed E-state index contributed by atoms with van der Waals surface area (Å²) in [6.45, 7) is 6.41. The first kappa shape index (κ1) is 11.2. The molecule has 0 radical (unpaired) electrons. The number of nitrogens with zero attached hydrogens (tertiary/aromatic N) is 2. The van der Waals surface area contributed by atoms with E-state index in [0.29, 0.717) is 5.92 Å². The van der Waals surface area contributed by atoms with Crippen molar-refractivity contribution in [2.75, 3.05) is 20.1 Å². The number of likely N-dealkylation sites (tertiary alicyclic amines) is 1. The van der Waals surface area contributed by atoms with E-state index in [9.17, 15) is 0 Å². The Labute approximate surface area is 87.0 Å². The molecule has 1 aliphatic rings. The van der Waals surface area contributed by atoms with Gasteiger partial charge < -0.3 is 4.90 Å². The van der Waals surface area contributed by atoms with Gasteiger partial charge in [0.05, 0.1) is 0 Å². The molecular weight excluding hydrogens is 172 g/mol. The van der Waals surface area contributed by atoms with E-state index in [1.54, 1.807) is 0 Å². The first-order valence-corrected chi connectivity index (χ1v) is 5.45. The summed E-state index contributed by atoms with van der Waals surface area (Å²) in [5.74, 6) is 0.712. The van der Waals surface area contributed by atoms with Crippen LogP contribution in [0.3, 0.4) is 0 Å². The van der Waals surface area contributed by atoms with Gasteiger partial charge in [0.2, 0.25) is 0 Å². The van der Waals surface area contributed by atoms with Gasteiger partial charge in [-0.1, -0.05) is 19.9 Å². The van der Waals surface area contributed by atoms with Crippen molar-refractivity contribution in [3.05, 3.63) is 30.1 Å². The van der Waals surface area contributed by atoms with E-state index < -0.39 is 0 Å². The average molecular weight is 192 g/mol. The van der Waals surface area contributed by atoms with Gasteiger partial charge in [-0.05, 0) is 37.6 Å². The van der Waals surface area contributed by atoms with Crippen LogP contribution in [0.4, 0.5) is 0 Å². The molecule has 0 amide bonds. The number of rotatable bonds is 1. The highest BCUT2D eigenvalue weighted by Crippen LogP contribution is 2.24. The van der Waals surface area contributed by atoms with Crippen LogP contribution in [0.2, 0.25) is 0 Å². The zero-order valence-corrected chi connectivity index (χ0v) is 9.40. The Hall–Kier alpha value is -0.890. The van der Waals surface area contributed by atoms with Gasteiger partial charge in [0.25, 0.3) is 0 Å². The molecule has 2 nitrogen and oxygen atoms in total. The fourth-order valence-corrected chi connectivity index (χ4v) is 1.82. The van der Waals surface area contributed by atoms with E-state index in [4.69, 9.17) is 0 Å². The molecule has 1 saturated heterocycles. The minimum Gasteiger partial charge on any atom is -0.306 e. The molecular formula is C12H20N2. The molecule has 0 aromatic carbocycles. The maximum atomic E-state index is 4.14. The number of hydrogen-bond donors (Lipinski definition) is 0. The second-order valence-corrected chi connectivity index (χ2v) is 3.53. The van der Waals surface area contributed by atoms with Gasteiger partial charge in [-0.15, -0.1) is 0 Å². The molecule has 0 spiro atoms. The molecule has 1 aromatic rings. The number of hydrogen-bond acceptors (Lipinski definition) is 2. The van der Waals surface area contributed by atoms with Crippen molar-refractivity contribution in [2.24, 2.45) is 0 Å². The van der Waals surface area contributed by atoms with Crippen molar-refractivity contribution in [1.82, 2.24) is 9.88 Å². The molecule has 78 valence electrons. The third kappa shape index (κ3) is 2.81. The van der Waals surface area contributed by atoms with Gasteiger partial charge in [-0.3, -0.25) is 4.98 Å². The fraction of sp³-hybridized carbons (Fsp3) is 0.583. The molecule has 0 saturated carbocycles. The minimum absolute atomic E-state index is 0.712. The summed E-state index contributed by atoms with van der Waals surface area (Å²) >= 11 is 0. The highest BCUT2D eigenvalue weighted by atomic mass is 15.1. The molecule has 2 heteroatoms. The van der Waals surface area contributed by atoms with Crippen LogP contribution in [-0.4, -0.2) is 30.0 Å². The lowest BCUT2D eigenvalue weighted by atomic mass is 10.0. The molecule has 1 aromatic heterocycles. The van der Waals surface area contributed by atoms with Gasteiger partial charge in [-0.2, -0.15) is 0 Å². The fourth-order valence-electron chi connectivity index (χ4n) is 1.82. The molecule has 2 rings (SSSR count). The van der Waals surface area contributed by atoms with Crippen LogP contribution in [0.1, 0.15) is 31.7 Å². The molecule has 0 N–H and O–H groups in total. The lowest BCUT2D eigenvalue weighted by Gasteiger charge is -2.09. The van der Waals surface area contributed by atoms with E-state index >= 15 is 0 Å². The Balaban J connectivity index is 0.000000461. The second-order valence-electron chi connectivity index (χ2n) is 3.53. The summed E-state index contributed by atoms with van der Waals surface area (Å²) < 4.78 is 0. The first-order valence-electron chi connectivity index (χ1n) is 5.45. The normalized spacial score (nSPS) is 21.5. The lowest BCUT2D eigenvalue weighted by Crippen LogP contribution is -2.13. The van der Waals surface area contributed by atoms with E-state index in [0.717, 1.165) is 0 Å². The zero-order valence-electron chi connectivity index (χ0n) is 9.40. The zero-order chi connectivity index (χ0) is 10.4. The van der Waals surface area contributed by atoms with Crippen molar-refractivity contribution in [1.29, 1.82) is 0 Å². The lowest BCUT2D eigenvalue weighted by molar-refractivity contribution is 0.411. The Morgan fingerprint density at radius 2 is 2.21 bits per heavy atom. The Kier molecular flexibility index (Phi) is 4.60. The van der Waals surface area contributed by atoms with E-state index in [2.05, 4.69) is 23.0 Å². The van der Waals surface area contributed by atoms with Crippen LogP contribution in [0.15, 0.2) is 24.5 Å². The van der Waals surface area contributed by atoms with Crippen LogP contribution in [-0.2, 0) is 0 Å². The Morgan fingerprint density at radius 3 is 2.71 bits per heavy atom. The topological polar surface area (TPSA) is 16.1 Å². The SMILES string of the molecule is CC.CN1CCC(c2cccnc2)C1. The third-order valence-corrected chi connectivity index (χ3v) is 2.55. The Morgan fingerprint density at radius 1 is 1.43 bits per heavy atom. The van der Waals surface area contributed by atoms with Gasteiger partial charge in [0.15, 0.2) is 0 Å². The molecule has 1 aliphatic heterocycles. The monoisotopic (exact) mass is 192 g/mol. The van der Waals surface area contributed by atoms with Crippen molar-refractivity contribution in [3.63, 3.8) is 0 Å². The van der Waals surface area contributed by atoms with Gasteiger partial charge in [0.1, 0.15) is 0 Å². The molecule has 1 fully saturated rings. The summed E-state index contributed by atoms with van der Waals surface area (Å²) in [4.78, 5) is 6.51. The quantitative estimate of drug-likeness (QED) is 0.679. The molecule has 1 unspecified atom stereocenters. The summed E-state index contributed by atoms with van der Waals surface area (Å²) in [5, 5.41) is 0. The average Bonchev–Trinajstić information content (AvgIpc) is 2.69. The highest BCUT2D eigenvalue weighted by Gasteiger charge is 2.20. The van der Waals surface area contributed by atoms with Gasteiger partial charge in [0, 0.05) is 18.9 Å². The number of pyridine rings is 1. The highest BCUT2D eigenvalue weighted by molar-refractivity contribution is 5.16. The third-order valence-electron chi connectivity index (χ3n) is 2.55. The molecule has 0 bridgehead atoms. The molecule has 14 heavy (non-hydrogen) atoms. The van der Waals surface area contributed by atoms with Crippen LogP contribution in [0.25, 0.3) is 0 Å². The van der Waals surface area contributed by atoms with Crippen LogP contribution < -0.4 is 0 Å². The van der Waals surface area contributed by atoms with Gasteiger partial charge in [-0.25, -0.2) is 0 Å². The van der Waals surface area contributed by atoms with Crippen molar-refractivity contribution in [3.8, 4) is 0 Å². The summed E-state index contributed by atoms with van der Waals surface area (Å²) in [6.07, 6.45) is 5.11. The standard InChI is InChI=1S/C10H14N2.C2H6/c1-12-6-4-10(8-12)9-3-2-5-11-7-9;1-2/h2-3,5,7,10H,4,6,8H2,1H3;1-2H3. The molecule has 0 aliphatic carbocycles. The van der Waals surface area contributed by atoms with E-state index in [-0.39, 0.29) is 0 Å². The number of likely N-dealkylation sites (N-methyl/N-ethyl adjacent to an activating group) is 1. The first-order chi connectivity index (χ1) is 6.86.